The van der Waals surface area contributed by atoms with Crippen LogP contribution in [0.15, 0.2) is 0 Å². The fourth-order valence-electron chi connectivity index (χ4n) is 4.19. The molecular formula is C16H25N3O2. The lowest BCUT2D eigenvalue weighted by Gasteiger charge is -2.22. The van der Waals surface area contributed by atoms with Crippen LogP contribution >= 0.6 is 0 Å². The summed E-state index contributed by atoms with van der Waals surface area (Å²) in [5.74, 6) is 2.36. The van der Waals surface area contributed by atoms with Crippen LogP contribution in [0.4, 0.5) is 0 Å². The van der Waals surface area contributed by atoms with Crippen LogP contribution in [0.2, 0.25) is 0 Å². The average molecular weight is 291 g/mol. The summed E-state index contributed by atoms with van der Waals surface area (Å²) in [6.07, 6.45) is 5.48. The summed E-state index contributed by atoms with van der Waals surface area (Å²) in [5.41, 5.74) is 1.33. The highest BCUT2D eigenvalue weighted by atomic mass is 16.5. The van der Waals surface area contributed by atoms with E-state index in [9.17, 15) is 4.79 Å². The quantitative estimate of drug-likeness (QED) is 0.782. The molecule has 5 nitrogen and oxygen atoms in total. The largest absolute Gasteiger partial charge is 0.461 e. The van der Waals surface area contributed by atoms with E-state index in [1.54, 1.807) is 0 Å². The highest BCUT2D eigenvalue weighted by molar-refractivity contribution is 5.88. The molecule has 0 spiro atoms. The standard InChI is InChI=1S/C16H25N3O2/c1-4-21-16(20)14-15(10(2)3)19(18-17-14)9-13-8-11-5-6-12(13)7-11/h10-13H,4-9H2,1-3H3. The molecule has 0 radical (unpaired) electrons. The van der Waals surface area contributed by atoms with Crippen LogP contribution in [-0.4, -0.2) is 27.6 Å². The number of nitrogens with zero attached hydrogens (tertiary/aromatic N) is 3. The van der Waals surface area contributed by atoms with E-state index < -0.39 is 0 Å². The Bertz CT molecular complexity index is 524. The molecule has 5 heteroatoms. The molecule has 2 aliphatic rings. The highest BCUT2D eigenvalue weighted by Gasteiger charge is 2.40. The summed E-state index contributed by atoms with van der Waals surface area (Å²) in [5, 5.41) is 8.35. The zero-order valence-electron chi connectivity index (χ0n) is 13.2. The Hall–Kier alpha value is -1.39. The molecule has 3 unspecified atom stereocenters. The number of rotatable bonds is 5. The van der Waals surface area contributed by atoms with Gasteiger partial charge in [0.05, 0.1) is 12.3 Å². The molecule has 3 rings (SSSR count). The maximum absolute atomic E-state index is 12.0. The Labute approximate surface area is 126 Å². The minimum atomic E-state index is -0.347. The van der Waals surface area contributed by atoms with Gasteiger partial charge in [-0.25, -0.2) is 9.48 Å². The van der Waals surface area contributed by atoms with E-state index in [4.69, 9.17) is 4.74 Å². The molecule has 0 aromatic carbocycles. The van der Waals surface area contributed by atoms with Gasteiger partial charge in [0.15, 0.2) is 5.69 Å². The highest BCUT2D eigenvalue weighted by Crippen LogP contribution is 2.48. The number of fused-ring (bicyclic) bond motifs is 2. The second kappa shape index (κ2) is 5.78. The van der Waals surface area contributed by atoms with Gasteiger partial charge in [-0.05, 0) is 49.9 Å². The van der Waals surface area contributed by atoms with Crippen LogP contribution in [0.1, 0.15) is 68.6 Å². The zero-order chi connectivity index (χ0) is 15.0. The fourth-order valence-corrected chi connectivity index (χ4v) is 4.19. The van der Waals surface area contributed by atoms with Gasteiger partial charge in [-0.15, -0.1) is 5.10 Å². The van der Waals surface area contributed by atoms with Gasteiger partial charge >= 0.3 is 5.97 Å². The molecule has 0 saturated heterocycles. The lowest BCUT2D eigenvalue weighted by Crippen LogP contribution is -2.20. The smallest absolute Gasteiger partial charge is 0.360 e. The second-order valence-electron chi connectivity index (χ2n) is 6.82. The predicted octanol–water partition coefficient (Wildman–Crippen LogP) is 3.01. The van der Waals surface area contributed by atoms with Crippen molar-refractivity contribution < 1.29 is 9.53 Å². The molecule has 2 bridgehead atoms. The summed E-state index contributed by atoms with van der Waals surface area (Å²) in [7, 11) is 0. The maximum atomic E-state index is 12.0. The number of esters is 1. The summed E-state index contributed by atoms with van der Waals surface area (Å²) in [4.78, 5) is 12.0. The van der Waals surface area contributed by atoms with E-state index in [-0.39, 0.29) is 11.9 Å². The van der Waals surface area contributed by atoms with Crippen molar-refractivity contribution in [1.82, 2.24) is 15.0 Å². The van der Waals surface area contributed by atoms with Crippen molar-refractivity contribution in [1.29, 1.82) is 0 Å². The molecular weight excluding hydrogens is 266 g/mol. The minimum absolute atomic E-state index is 0.220. The monoisotopic (exact) mass is 291 g/mol. The first-order valence-electron chi connectivity index (χ1n) is 8.20. The maximum Gasteiger partial charge on any atom is 0.360 e. The van der Waals surface area contributed by atoms with Gasteiger partial charge in [0.25, 0.3) is 0 Å². The van der Waals surface area contributed by atoms with Crippen LogP contribution in [0.25, 0.3) is 0 Å². The number of carbonyl (C=O) groups is 1. The Kier molecular flexibility index (Phi) is 4.00. The first kappa shape index (κ1) is 14.5. The Morgan fingerprint density at radius 3 is 2.76 bits per heavy atom. The van der Waals surface area contributed by atoms with Crippen molar-refractivity contribution in [2.75, 3.05) is 6.61 Å². The van der Waals surface area contributed by atoms with Gasteiger partial charge in [0, 0.05) is 6.54 Å². The van der Waals surface area contributed by atoms with Crippen molar-refractivity contribution in [3.63, 3.8) is 0 Å². The van der Waals surface area contributed by atoms with Crippen LogP contribution < -0.4 is 0 Å². The normalized spacial score (nSPS) is 27.5. The third kappa shape index (κ3) is 2.70. The summed E-state index contributed by atoms with van der Waals surface area (Å²) < 4.78 is 7.06. The van der Waals surface area contributed by atoms with Crippen molar-refractivity contribution >= 4 is 5.97 Å². The Balaban J connectivity index is 1.80. The zero-order valence-corrected chi connectivity index (χ0v) is 13.2. The SMILES string of the molecule is CCOC(=O)c1nnn(CC2CC3CCC2C3)c1C(C)C. The van der Waals surface area contributed by atoms with Crippen LogP contribution in [0.3, 0.4) is 0 Å². The number of hydrogen-bond donors (Lipinski definition) is 0. The molecule has 1 heterocycles. The van der Waals surface area contributed by atoms with Crippen molar-refractivity contribution in [2.45, 2.75) is 58.9 Å². The number of ether oxygens (including phenoxy) is 1. The molecule has 0 aliphatic heterocycles. The second-order valence-corrected chi connectivity index (χ2v) is 6.82. The third-order valence-corrected chi connectivity index (χ3v) is 5.08. The van der Waals surface area contributed by atoms with Crippen LogP contribution in [0.5, 0.6) is 0 Å². The van der Waals surface area contributed by atoms with E-state index in [0.717, 1.165) is 24.1 Å². The van der Waals surface area contributed by atoms with Crippen LogP contribution in [-0.2, 0) is 11.3 Å². The first-order valence-corrected chi connectivity index (χ1v) is 8.20. The molecule has 0 N–H and O–H groups in total. The third-order valence-electron chi connectivity index (χ3n) is 5.08. The lowest BCUT2D eigenvalue weighted by molar-refractivity contribution is 0.0517. The van der Waals surface area contributed by atoms with Gasteiger partial charge in [-0.1, -0.05) is 25.5 Å². The Morgan fingerprint density at radius 1 is 1.38 bits per heavy atom. The van der Waals surface area contributed by atoms with Crippen molar-refractivity contribution in [3.05, 3.63) is 11.4 Å². The predicted molar refractivity (Wildman–Crippen MR) is 79.0 cm³/mol. The topological polar surface area (TPSA) is 57.0 Å². The molecule has 1 aromatic rings. The van der Waals surface area contributed by atoms with Gasteiger partial charge < -0.3 is 4.74 Å². The van der Waals surface area contributed by atoms with Gasteiger partial charge in [0.2, 0.25) is 0 Å². The molecule has 1 aromatic heterocycles. The van der Waals surface area contributed by atoms with Crippen LogP contribution in [0, 0.1) is 17.8 Å². The average Bonchev–Trinajstić information content (AvgIpc) is 3.13. The minimum Gasteiger partial charge on any atom is -0.461 e. The molecule has 2 aliphatic carbocycles. The number of hydrogen-bond acceptors (Lipinski definition) is 4. The van der Waals surface area contributed by atoms with E-state index >= 15 is 0 Å². The molecule has 0 amide bonds. The fraction of sp³-hybridized carbons (Fsp3) is 0.812. The van der Waals surface area contributed by atoms with Crippen molar-refractivity contribution in [2.24, 2.45) is 17.8 Å². The summed E-state index contributed by atoms with van der Waals surface area (Å²) >= 11 is 0. The summed E-state index contributed by atoms with van der Waals surface area (Å²) in [6.45, 7) is 7.25. The van der Waals surface area contributed by atoms with Gasteiger partial charge in [-0.3, -0.25) is 0 Å². The molecule has 2 fully saturated rings. The van der Waals surface area contributed by atoms with Crippen molar-refractivity contribution in [3.8, 4) is 0 Å². The molecule has 2 saturated carbocycles. The number of aromatic nitrogens is 3. The Morgan fingerprint density at radius 2 is 2.19 bits per heavy atom. The molecule has 3 atom stereocenters. The van der Waals surface area contributed by atoms with Gasteiger partial charge in [-0.2, -0.15) is 0 Å². The first-order chi connectivity index (χ1) is 10.1. The summed E-state index contributed by atoms with van der Waals surface area (Å²) in [6, 6.07) is 0. The van der Waals surface area contributed by atoms with E-state index in [2.05, 4.69) is 24.2 Å². The van der Waals surface area contributed by atoms with E-state index in [1.807, 2.05) is 11.6 Å². The van der Waals surface area contributed by atoms with Gasteiger partial charge in [0.1, 0.15) is 0 Å². The lowest BCUT2D eigenvalue weighted by atomic mass is 9.88. The molecule has 116 valence electrons. The van der Waals surface area contributed by atoms with E-state index in [1.165, 1.54) is 25.7 Å². The molecule has 21 heavy (non-hydrogen) atoms. The number of carbonyl (C=O) groups excluding carboxylic acids is 1. The van der Waals surface area contributed by atoms with E-state index in [0.29, 0.717) is 18.2 Å².